The van der Waals surface area contributed by atoms with Crippen LogP contribution in [-0.4, -0.2) is 11.4 Å². The number of allylic oxidation sites excluding steroid dienone is 1. The lowest BCUT2D eigenvalue weighted by atomic mass is 10.3. The van der Waals surface area contributed by atoms with Crippen LogP contribution in [0.4, 0.5) is 0 Å². The molecule has 2 heterocycles. The number of hydrogen-bond acceptors (Lipinski definition) is 3. The molecule has 0 saturated heterocycles. The first-order valence-corrected chi connectivity index (χ1v) is 5.77. The zero-order valence-electron chi connectivity index (χ0n) is 10.0. The number of rotatable bonds is 6. The van der Waals surface area contributed by atoms with Crippen molar-refractivity contribution >= 4 is 0 Å². The maximum absolute atomic E-state index is 5.37. The standard InChI is InChI=1S/C14H17NO2/c1-2-3-8-15(11-13-6-4-9-16-13)12-14-7-5-10-17-14/h2-7,9-10H,8,11-12H2,1H3/b3-2+. The largest absolute Gasteiger partial charge is 0.468 e. The molecule has 2 aromatic heterocycles. The number of furan rings is 2. The van der Waals surface area contributed by atoms with E-state index in [0.717, 1.165) is 31.2 Å². The van der Waals surface area contributed by atoms with Crippen LogP contribution in [0.3, 0.4) is 0 Å². The van der Waals surface area contributed by atoms with Gasteiger partial charge >= 0.3 is 0 Å². The molecule has 0 spiro atoms. The van der Waals surface area contributed by atoms with Gasteiger partial charge in [-0.05, 0) is 31.2 Å². The number of nitrogens with zero attached hydrogens (tertiary/aromatic N) is 1. The highest BCUT2D eigenvalue weighted by molar-refractivity contribution is 5.02. The summed E-state index contributed by atoms with van der Waals surface area (Å²) in [6.45, 7) is 4.49. The normalized spacial score (nSPS) is 11.6. The van der Waals surface area contributed by atoms with Gasteiger partial charge in [0.1, 0.15) is 11.5 Å². The summed E-state index contributed by atoms with van der Waals surface area (Å²) in [5.41, 5.74) is 0. The highest BCUT2D eigenvalue weighted by Gasteiger charge is 2.08. The minimum atomic E-state index is 0.790. The van der Waals surface area contributed by atoms with E-state index in [1.165, 1.54) is 0 Å². The molecule has 0 saturated carbocycles. The summed E-state index contributed by atoms with van der Waals surface area (Å²) in [4.78, 5) is 2.26. The fourth-order valence-electron chi connectivity index (χ4n) is 1.69. The molecule has 0 fully saturated rings. The van der Waals surface area contributed by atoms with Crippen molar-refractivity contribution in [1.82, 2.24) is 4.90 Å². The predicted octanol–water partition coefficient (Wildman–Crippen LogP) is 3.45. The molecule has 0 aromatic carbocycles. The summed E-state index contributed by atoms with van der Waals surface area (Å²) >= 11 is 0. The van der Waals surface area contributed by atoms with E-state index >= 15 is 0 Å². The lowest BCUT2D eigenvalue weighted by molar-refractivity contribution is 0.240. The van der Waals surface area contributed by atoms with Crippen LogP contribution in [-0.2, 0) is 13.1 Å². The first-order valence-electron chi connectivity index (χ1n) is 5.77. The Morgan fingerprint density at radius 1 is 1.06 bits per heavy atom. The molecule has 90 valence electrons. The van der Waals surface area contributed by atoms with Crippen LogP contribution < -0.4 is 0 Å². The van der Waals surface area contributed by atoms with E-state index in [1.807, 2.05) is 31.2 Å². The molecule has 0 unspecified atom stereocenters. The lowest BCUT2D eigenvalue weighted by Crippen LogP contribution is -2.22. The highest BCUT2D eigenvalue weighted by atomic mass is 16.3. The summed E-state index contributed by atoms with van der Waals surface area (Å²) in [7, 11) is 0. The van der Waals surface area contributed by atoms with Crippen molar-refractivity contribution < 1.29 is 8.83 Å². The SMILES string of the molecule is C/C=C/CN(Cc1ccco1)Cc1ccco1. The Morgan fingerprint density at radius 3 is 2.06 bits per heavy atom. The molecule has 2 aromatic rings. The Kier molecular flexibility index (Phi) is 4.22. The Bertz CT molecular complexity index is 393. The monoisotopic (exact) mass is 231 g/mol. The van der Waals surface area contributed by atoms with Crippen LogP contribution in [0.5, 0.6) is 0 Å². The van der Waals surface area contributed by atoms with E-state index in [9.17, 15) is 0 Å². The molecule has 0 N–H and O–H groups in total. The lowest BCUT2D eigenvalue weighted by Gasteiger charge is -2.17. The van der Waals surface area contributed by atoms with E-state index in [0.29, 0.717) is 0 Å². The third kappa shape index (κ3) is 3.64. The van der Waals surface area contributed by atoms with Gasteiger partial charge in [0.15, 0.2) is 0 Å². The van der Waals surface area contributed by atoms with Gasteiger partial charge in [0.2, 0.25) is 0 Å². The average molecular weight is 231 g/mol. The minimum absolute atomic E-state index is 0.790. The van der Waals surface area contributed by atoms with Crippen molar-refractivity contribution in [1.29, 1.82) is 0 Å². The first-order chi connectivity index (χ1) is 8.38. The molecule has 0 amide bonds. The maximum atomic E-state index is 5.37. The Balaban J connectivity index is 1.97. The zero-order valence-corrected chi connectivity index (χ0v) is 10.0. The quantitative estimate of drug-likeness (QED) is 0.713. The minimum Gasteiger partial charge on any atom is -0.468 e. The molecule has 0 atom stereocenters. The van der Waals surface area contributed by atoms with E-state index in [1.54, 1.807) is 12.5 Å². The Labute approximate surface area is 101 Å². The molecule has 17 heavy (non-hydrogen) atoms. The van der Waals surface area contributed by atoms with Gasteiger partial charge in [-0.15, -0.1) is 0 Å². The van der Waals surface area contributed by atoms with Gasteiger partial charge in [0.05, 0.1) is 25.6 Å². The smallest absolute Gasteiger partial charge is 0.117 e. The van der Waals surface area contributed by atoms with Crippen LogP contribution in [0.1, 0.15) is 18.4 Å². The first kappa shape index (κ1) is 11.7. The van der Waals surface area contributed by atoms with Crippen molar-refractivity contribution in [2.75, 3.05) is 6.54 Å². The van der Waals surface area contributed by atoms with Crippen molar-refractivity contribution in [3.05, 3.63) is 60.5 Å². The molecule has 0 aliphatic heterocycles. The molecule has 0 bridgehead atoms. The zero-order chi connectivity index (χ0) is 11.9. The van der Waals surface area contributed by atoms with Gasteiger partial charge in [-0.3, -0.25) is 4.90 Å². The second kappa shape index (κ2) is 6.11. The van der Waals surface area contributed by atoms with Crippen LogP contribution in [0, 0.1) is 0 Å². The average Bonchev–Trinajstić information content (AvgIpc) is 2.99. The summed E-state index contributed by atoms with van der Waals surface area (Å²) in [5.74, 6) is 1.95. The topological polar surface area (TPSA) is 29.5 Å². The van der Waals surface area contributed by atoms with E-state index in [2.05, 4.69) is 17.1 Å². The highest BCUT2D eigenvalue weighted by Crippen LogP contribution is 2.10. The molecule has 2 rings (SSSR count). The summed E-state index contributed by atoms with van der Waals surface area (Å²) in [6, 6.07) is 7.81. The maximum Gasteiger partial charge on any atom is 0.117 e. The van der Waals surface area contributed by atoms with Gasteiger partial charge in [0, 0.05) is 6.54 Å². The molecular formula is C14H17NO2. The molecule has 3 nitrogen and oxygen atoms in total. The summed E-state index contributed by atoms with van der Waals surface area (Å²) < 4.78 is 10.7. The van der Waals surface area contributed by atoms with Crippen molar-refractivity contribution in [2.45, 2.75) is 20.0 Å². The van der Waals surface area contributed by atoms with Crippen molar-refractivity contribution in [3.8, 4) is 0 Å². The Morgan fingerprint density at radius 2 is 1.65 bits per heavy atom. The fraction of sp³-hybridized carbons (Fsp3) is 0.286. The molecule has 0 aliphatic carbocycles. The molecule has 0 radical (unpaired) electrons. The molecule has 3 heteroatoms. The van der Waals surface area contributed by atoms with Crippen LogP contribution >= 0.6 is 0 Å². The Hall–Kier alpha value is -1.74. The van der Waals surface area contributed by atoms with Crippen LogP contribution in [0.25, 0.3) is 0 Å². The fourth-order valence-corrected chi connectivity index (χ4v) is 1.69. The van der Waals surface area contributed by atoms with E-state index < -0.39 is 0 Å². The second-order valence-electron chi connectivity index (χ2n) is 3.90. The van der Waals surface area contributed by atoms with Gasteiger partial charge in [0.25, 0.3) is 0 Å². The molecular weight excluding hydrogens is 214 g/mol. The van der Waals surface area contributed by atoms with Gasteiger partial charge in [-0.25, -0.2) is 0 Å². The van der Waals surface area contributed by atoms with Gasteiger partial charge in [-0.2, -0.15) is 0 Å². The van der Waals surface area contributed by atoms with Gasteiger partial charge < -0.3 is 8.83 Å². The van der Waals surface area contributed by atoms with Crippen LogP contribution in [0.2, 0.25) is 0 Å². The second-order valence-corrected chi connectivity index (χ2v) is 3.90. The van der Waals surface area contributed by atoms with Gasteiger partial charge in [-0.1, -0.05) is 12.2 Å². The molecule has 0 aliphatic rings. The van der Waals surface area contributed by atoms with E-state index in [4.69, 9.17) is 8.83 Å². The predicted molar refractivity (Wildman–Crippen MR) is 66.3 cm³/mol. The summed E-state index contributed by atoms with van der Waals surface area (Å²) in [6.07, 6.45) is 7.59. The van der Waals surface area contributed by atoms with Crippen LogP contribution in [0.15, 0.2) is 57.8 Å². The van der Waals surface area contributed by atoms with E-state index in [-0.39, 0.29) is 0 Å². The number of hydrogen-bond donors (Lipinski definition) is 0. The summed E-state index contributed by atoms with van der Waals surface area (Å²) in [5, 5.41) is 0. The van der Waals surface area contributed by atoms with Crippen molar-refractivity contribution in [3.63, 3.8) is 0 Å². The third-order valence-electron chi connectivity index (χ3n) is 2.52. The van der Waals surface area contributed by atoms with Crippen molar-refractivity contribution in [2.24, 2.45) is 0 Å². The third-order valence-corrected chi connectivity index (χ3v) is 2.52.